The van der Waals surface area contributed by atoms with E-state index in [1.165, 1.54) is 11.0 Å². The molecule has 0 aromatic heterocycles. The van der Waals surface area contributed by atoms with Gasteiger partial charge in [0.25, 0.3) is 0 Å². The summed E-state index contributed by atoms with van der Waals surface area (Å²) in [6.45, 7) is 11.9. The van der Waals surface area contributed by atoms with Crippen LogP contribution in [0.25, 0.3) is 11.1 Å². The average Bonchev–Trinajstić information content (AvgIpc) is 2.45. The number of benzene rings is 2. The van der Waals surface area contributed by atoms with Gasteiger partial charge in [0.2, 0.25) is 0 Å². The van der Waals surface area contributed by atoms with Crippen LogP contribution in [-0.4, -0.2) is 16.2 Å². The molecule has 2 aromatic rings. The molecule has 0 saturated carbocycles. The van der Waals surface area contributed by atoms with Crippen molar-refractivity contribution in [2.45, 2.75) is 45.5 Å². The second-order valence-electron chi connectivity index (χ2n) is 7.72. The lowest BCUT2D eigenvalue weighted by molar-refractivity contribution is 0.276. The third kappa shape index (κ3) is 4.50. The normalized spacial score (nSPS) is 12.4. The molecule has 0 aliphatic heterocycles. The lowest BCUT2D eigenvalue weighted by Crippen LogP contribution is -2.40. The summed E-state index contributed by atoms with van der Waals surface area (Å²) in [4.78, 5) is 0. The molecule has 0 radical (unpaired) electrons. The molecule has 2 aromatic carbocycles. The van der Waals surface area contributed by atoms with Crippen LogP contribution in [0, 0.1) is 0 Å². The third-order valence-electron chi connectivity index (χ3n) is 4.83. The Bertz CT molecular complexity index is 675. The molecule has 0 unspecified atom stereocenters. The molecule has 0 bridgehead atoms. The molecule has 0 amide bonds. The van der Waals surface area contributed by atoms with Gasteiger partial charge in [0, 0.05) is 5.02 Å². The van der Waals surface area contributed by atoms with Crippen molar-refractivity contribution in [2.75, 3.05) is 0 Å². The highest BCUT2D eigenvalue weighted by Crippen LogP contribution is 2.37. The maximum atomic E-state index is 6.49. The van der Waals surface area contributed by atoms with Gasteiger partial charge in [0.1, 0.15) is 7.85 Å². The first-order valence-corrected chi connectivity index (χ1v) is 11.4. The van der Waals surface area contributed by atoms with Gasteiger partial charge in [-0.05, 0) is 40.9 Å². The van der Waals surface area contributed by atoms with Gasteiger partial charge in [0.15, 0.2) is 8.32 Å². The minimum absolute atomic E-state index is 0.210. The van der Waals surface area contributed by atoms with Gasteiger partial charge in [0.05, 0.1) is 6.61 Å². The van der Waals surface area contributed by atoms with Crippen molar-refractivity contribution < 1.29 is 4.43 Å². The van der Waals surface area contributed by atoms with E-state index in [4.69, 9.17) is 16.0 Å². The smallest absolute Gasteiger partial charge is 0.192 e. The van der Waals surface area contributed by atoms with Crippen LogP contribution >= 0.6 is 11.6 Å². The van der Waals surface area contributed by atoms with E-state index in [1.807, 2.05) is 6.07 Å². The molecular formula is C19H26BClOSi. The topological polar surface area (TPSA) is 9.23 Å². The summed E-state index contributed by atoms with van der Waals surface area (Å²) in [6, 6.07) is 14.8. The zero-order chi connectivity index (χ0) is 17.3. The summed E-state index contributed by atoms with van der Waals surface area (Å²) >= 11 is 6.49. The predicted octanol–water partition coefficient (Wildman–Crippen LogP) is 4.79. The molecule has 0 atom stereocenters. The van der Waals surface area contributed by atoms with E-state index in [9.17, 15) is 0 Å². The fourth-order valence-corrected chi connectivity index (χ4v) is 3.25. The monoisotopic (exact) mass is 344 g/mol. The van der Waals surface area contributed by atoms with Crippen LogP contribution in [0.3, 0.4) is 0 Å². The minimum Gasteiger partial charge on any atom is -0.413 e. The van der Waals surface area contributed by atoms with Crippen LogP contribution in [-0.2, 0) is 11.0 Å². The molecule has 0 heterocycles. The Morgan fingerprint density at radius 2 is 1.57 bits per heavy atom. The van der Waals surface area contributed by atoms with Gasteiger partial charge in [-0.1, -0.05) is 74.2 Å². The highest BCUT2D eigenvalue weighted by atomic mass is 35.5. The molecule has 0 aliphatic rings. The second-order valence-corrected chi connectivity index (χ2v) is 12.9. The van der Waals surface area contributed by atoms with Gasteiger partial charge in [-0.15, -0.1) is 0 Å². The maximum absolute atomic E-state index is 6.49. The molecule has 0 fully saturated rings. The molecule has 1 nitrogen and oxygen atoms in total. The summed E-state index contributed by atoms with van der Waals surface area (Å²) in [7, 11) is 0.342. The zero-order valence-corrected chi connectivity index (χ0v) is 16.8. The number of hydrogen-bond acceptors (Lipinski definition) is 1. The van der Waals surface area contributed by atoms with Crippen LogP contribution in [0.1, 0.15) is 26.3 Å². The van der Waals surface area contributed by atoms with E-state index in [2.05, 4.69) is 78.1 Å². The standard InChI is InChI=1S/C19H26BClOSi/c1-19(2,3)23(4,5)22-13-16-7-6-15(12-18(16)21)14-8-10-17(20)11-9-14/h6-12H,13,20H2,1-5H3. The van der Waals surface area contributed by atoms with E-state index in [-0.39, 0.29) is 5.04 Å². The van der Waals surface area contributed by atoms with E-state index in [1.54, 1.807) is 0 Å². The second kappa shape index (κ2) is 6.84. The van der Waals surface area contributed by atoms with Crippen LogP contribution in [0.5, 0.6) is 0 Å². The Balaban J connectivity index is 2.15. The van der Waals surface area contributed by atoms with Crippen molar-refractivity contribution in [3.63, 3.8) is 0 Å². The van der Waals surface area contributed by atoms with Crippen LogP contribution in [0.15, 0.2) is 42.5 Å². The van der Waals surface area contributed by atoms with E-state index in [0.717, 1.165) is 16.1 Å². The van der Waals surface area contributed by atoms with Gasteiger partial charge in [-0.3, -0.25) is 0 Å². The zero-order valence-electron chi connectivity index (χ0n) is 15.0. The number of rotatable bonds is 4. The van der Waals surface area contributed by atoms with E-state index in [0.29, 0.717) is 6.61 Å². The van der Waals surface area contributed by atoms with Crippen LogP contribution in [0.4, 0.5) is 0 Å². The van der Waals surface area contributed by atoms with Crippen molar-refractivity contribution in [3.05, 3.63) is 53.1 Å². The highest BCUT2D eigenvalue weighted by molar-refractivity contribution is 6.74. The van der Waals surface area contributed by atoms with Gasteiger partial charge < -0.3 is 4.43 Å². The van der Waals surface area contributed by atoms with Crippen LogP contribution < -0.4 is 5.46 Å². The van der Waals surface area contributed by atoms with E-state index < -0.39 is 8.32 Å². The fourth-order valence-electron chi connectivity index (χ4n) is 2.06. The minimum atomic E-state index is -1.75. The Kier molecular flexibility index (Phi) is 5.45. The van der Waals surface area contributed by atoms with Crippen molar-refractivity contribution in [3.8, 4) is 11.1 Å². The maximum Gasteiger partial charge on any atom is 0.192 e. The van der Waals surface area contributed by atoms with Crippen LogP contribution in [0.2, 0.25) is 23.2 Å². The lowest BCUT2D eigenvalue weighted by atomic mass is 9.93. The molecule has 0 N–H and O–H groups in total. The largest absolute Gasteiger partial charge is 0.413 e. The Hall–Kier alpha value is -1.03. The van der Waals surface area contributed by atoms with Crippen molar-refractivity contribution in [1.29, 1.82) is 0 Å². The number of halogens is 1. The summed E-state index contributed by atoms with van der Waals surface area (Å²) in [5.41, 5.74) is 4.66. The number of hydrogen-bond donors (Lipinski definition) is 0. The Labute approximate surface area is 147 Å². The first-order valence-electron chi connectivity index (χ1n) is 8.09. The Morgan fingerprint density at radius 3 is 2.09 bits per heavy atom. The molecular weight excluding hydrogens is 319 g/mol. The van der Waals surface area contributed by atoms with Gasteiger partial charge in [-0.2, -0.15) is 0 Å². The molecule has 0 spiro atoms. The summed E-state index contributed by atoms with van der Waals surface area (Å²) in [6.07, 6.45) is 0. The molecule has 23 heavy (non-hydrogen) atoms. The van der Waals surface area contributed by atoms with Crippen molar-refractivity contribution in [2.24, 2.45) is 0 Å². The molecule has 0 aliphatic carbocycles. The summed E-state index contributed by atoms with van der Waals surface area (Å²) < 4.78 is 6.28. The molecule has 122 valence electrons. The summed E-state index contributed by atoms with van der Waals surface area (Å²) in [5, 5.41) is 0.989. The van der Waals surface area contributed by atoms with Gasteiger partial charge in [-0.25, -0.2) is 0 Å². The third-order valence-corrected chi connectivity index (χ3v) is 9.66. The summed E-state index contributed by atoms with van der Waals surface area (Å²) in [5.74, 6) is 0. The van der Waals surface area contributed by atoms with Crippen molar-refractivity contribution >= 4 is 33.2 Å². The lowest BCUT2D eigenvalue weighted by Gasteiger charge is -2.36. The van der Waals surface area contributed by atoms with Gasteiger partial charge >= 0.3 is 0 Å². The molecule has 2 rings (SSSR count). The average molecular weight is 345 g/mol. The van der Waals surface area contributed by atoms with E-state index >= 15 is 0 Å². The molecule has 0 saturated heterocycles. The fraction of sp³-hybridized carbons (Fsp3) is 0.368. The first kappa shape index (κ1) is 18.3. The molecule has 4 heteroatoms. The SMILES string of the molecule is Bc1ccc(-c2ccc(CO[Si](C)(C)C(C)(C)C)c(Cl)c2)cc1. The van der Waals surface area contributed by atoms with Crippen molar-refractivity contribution in [1.82, 2.24) is 0 Å². The predicted molar refractivity (Wildman–Crippen MR) is 107 cm³/mol. The Morgan fingerprint density at radius 1 is 1.00 bits per heavy atom. The first-order chi connectivity index (χ1) is 10.6. The highest BCUT2D eigenvalue weighted by Gasteiger charge is 2.37. The quantitative estimate of drug-likeness (QED) is 0.725.